The second-order valence-electron chi connectivity index (χ2n) is 10.3. The summed E-state index contributed by atoms with van der Waals surface area (Å²) in [6, 6.07) is 15.3. The smallest absolute Gasteiger partial charge is 0.407 e. The Balaban J connectivity index is 1.20. The van der Waals surface area contributed by atoms with E-state index in [1.165, 1.54) is 0 Å². The number of carboxylic acids is 1. The molecule has 0 spiro atoms. The number of aromatic amines is 1. The van der Waals surface area contributed by atoms with Crippen LogP contribution in [0.5, 0.6) is 0 Å². The number of aliphatic carboxylic acids is 1. The number of alkyl carbamates (subject to hydrolysis) is 1. The fourth-order valence-corrected chi connectivity index (χ4v) is 5.40. The molecule has 0 saturated carbocycles. The molecule has 1 aliphatic heterocycles. The zero-order valence-corrected chi connectivity index (χ0v) is 22.7. The molecule has 6 N–H and O–H groups in total. The topological polar surface area (TPSA) is 209 Å². The van der Waals surface area contributed by atoms with Crippen LogP contribution in [-0.4, -0.2) is 80.3 Å². The summed E-state index contributed by atoms with van der Waals surface area (Å²) < 4.78 is 12.0. The average molecular weight is 595 g/mol. The number of aromatic nitrogens is 2. The summed E-state index contributed by atoms with van der Waals surface area (Å²) >= 11 is 0. The lowest BCUT2D eigenvalue weighted by Crippen LogP contribution is -2.50. The number of fused-ring (bicyclic) bond motifs is 3. The van der Waals surface area contributed by atoms with Gasteiger partial charge in [0, 0.05) is 31.1 Å². The zero-order valence-electron chi connectivity index (χ0n) is 22.7. The quantitative estimate of drug-likeness (QED) is 0.186. The number of benzene rings is 2. The van der Waals surface area contributed by atoms with Crippen molar-refractivity contribution in [2.24, 2.45) is 0 Å². The van der Waals surface area contributed by atoms with Crippen LogP contribution in [0, 0.1) is 0 Å². The number of carbonyl (C=O) groups excluding carboxylic acids is 2. The Morgan fingerprint density at radius 3 is 2.26 bits per heavy atom. The molecule has 43 heavy (non-hydrogen) atoms. The zero-order chi connectivity index (χ0) is 30.7. The summed E-state index contributed by atoms with van der Waals surface area (Å²) in [6.45, 7) is -0.361. The van der Waals surface area contributed by atoms with Crippen LogP contribution in [0.25, 0.3) is 11.1 Å². The number of aliphatic hydroxyl groups is 2. The Kier molecular flexibility index (Phi) is 8.71. The Morgan fingerprint density at radius 1 is 0.977 bits per heavy atom. The molecule has 14 heteroatoms. The van der Waals surface area contributed by atoms with Gasteiger partial charge in [-0.2, -0.15) is 0 Å². The maximum atomic E-state index is 13.0. The molecule has 2 aliphatic rings. The Bertz CT molecular complexity index is 1590. The summed E-state index contributed by atoms with van der Waals surface area (Å²) in [5, 5.41) is 34.9. The third-order valence-corrected chi connectivity index (χ3v) is 7.54. The van der Waals surface area contributed by atoms with Crippen LogP contribution in [0.15, 0.2) is 70.4 Å². The molecular formula is C29H30N4O10. The molecule has 0 bridgehead atoms. The largest absolute Gasteiger partial charge is 0.481 e. The lowest BCUT2D eigenvalue weighted by molar-refractivity contribution is -0.137. The highest BCUT2D eigenvalue weighted by Crippen LogP contribution is 2.44. The van der Waals surface area contributed by atoms with Crippen LogP contribution in [-0.2, 0) is 19.1 Å². The summed E-state index contributed by atoms with van der Waals surface area (Å²) in [5.74, 6) is -2.18. The van der Waals surface area contributed by atoms with E-state index in [1.54, 1.807) is 0 Å². The highest BCUT2D eigenvalue weighted by atomic mass is 16.6. The van der Waals surface area contributed by atoms with Gasteiger partial charge in [0.1, 0.15) is 31.0 Å². The van der Waals surface area contributed by atoms with E-state index in [-0.39, 0.29) is 25.5 Å². The Labute approximate surface area is 243 Å². The van der Waals surface area contributed by atoms with Gasteiger partial charge in [-0.15, -0.1) is 0 Å². The van der Waals surface area contributed by atoms with Gasteiger partial charge in [-0.3, -0.25) is 23.9 Å². The minimum atomic E-state index is -1.56. The van der Waals surface area contributed by atoms with E-state index in [4.69, 9.17) is 14.6 Å². The highest BCUT2D eigenvalue weighted by molar-refractivity contribution is 5.86. The molecular weight excluding hydrogens is 564 g/mol. The first-order valence-electron chi connectivity index (χ1n) is 13.6. The molecule has 0 unspecified atom stereocenters. The molecule has 2 aromatic carbocycles. The van der Waals surface area contributed by atoms with Crippen molar-refractivity contribution >= 4 is 18.0 Å². The predicted octanol–water partition coefficient (Wildman–Crippen LogP) is 0.0441. The first-order valence-corrected chi connectivity index (χ1v) is 13.6. The minimum absolute atomic E-state index is 0.0152. The van der Waals surface area contributed by atoms with Gasteiger partial charge in [0.2, 0.25) is 5.91 Å². The fourth-order valence-electron chi connectivity index (χ4n) is 5.40. The SMILES string of the molecule is O=C(O)CC[C@H](NC(=O)OCC1c2ccccc2-c2ccccc21)C(=O)NC[C@H]1O[C@@H](n2ccc(=O)[nH]c2=O)[C@H](O)[C@@H]1O. The number of nitrogens with one attached hydrogen (secondary N) is 3. The van der Waals surface area contributed by atoms with Crippen LogP contribution in [0.3, 0.4) is 0 Å². The van der Waals surface area contributed by atoms with Crippen molar-refractivity contribution in [3.63, 3.8) is 0 Å². The Morgan fingerprint density at radius 2 is 1.63 bits per heavy atom. The van der Waals surface area contributed by atoms with Gasteiger partial charge >= 0.3 is 17.8 Å². The van der Waals surface area contributed by atoms with Gasteiger partial charge in [0.25, 0.3) is 5.56 Å². The lowest BCUT2D eigenvalue weighted by Gasteiger charge is -2.21. The number of hydrogen-bond donors (Lipinski definition) is 6. The molecule has 0 radical (unpaired) electrons. The number of carboxylic acid groups (broad SMARTS) is 1. The van der Waals surface area contributed by atoms with Crippen molar-refractivity contribution in [3.05, 3.63) is 92.8 Å². The third-order valence-electron chi connectivity index (χ3n) is 7.54. The standard InChI is InChI=1S/C29H30N4O10/c34-22-11-12-33(28(40)32-22)27-25(38)24(37)21(43-27)13-30-26(39)20(9-10-23(35)36)31-29(41)42-14-19-17-7-3-1-5-15(17)16-6-2-4-8-18(16)19/h1-8,11-12,19-21,24-25,27,37-38H,9-10,13-14H2,(H,30,39)(H,31,41)(H,35,36)(H,32,34,40)/t20-,21+,24+,25+,27+/m0/s1. The predicted molar refractivity (Wildman–Crippen MR) is 149 cm³/mol. The van der Waals surface area contributed by atoms with Crippen LogP contribution in [0.1, 0.15) is 36.1 Å². The van der Waals surface area contributed by atoms with Crippen LogP contribution in [0.4, 0.5) is 4.79 Å². The van der Waals surface area contributed by atoms with Gasteiger partial charge in [-0.1, -0.05) is 48.5 Å². The minimum Gasteiger partial charge on any atom is -0.481 e. The number of nitrogens with zero attached hydrogens (tertiary/aromatic N) is 1. The Hall–Kier alpha value is -4.79. The summed E-state index contributed by atoms with van der Waals surface area (Å²) in [7, 11) is 0. The molecule has 1 saturated heterocycles. The van der Waals surface area contributed by atoms with E-state index in [2.05, 4.69) is 10.6 Å². The van der Waals surface area contributed by atoms with Crippen molar-refractivity contribution < 1.29 is 39.2 Å². The van der Waals surface area contributed by atoms with Crippen molar-refractivity contribution in [3.8, 4) is 11.1 Å². The van der Waals surface area contributed by atoms with Gasteiger partial charge in [-0.25, -0.2) is 9.59 Å². The molecule has 226 valence electrons. The summed E-state index contributed by atoms with van der Waals surface area (Å²) in [5.41, 5.74) is 2.55. The highest BCUT2D eigenvalue weighted by Gasteiger charge is 2.44. The molecule has 1 fully saturated rings. The molecule has 1 aromatic heterocycles. The van der Waals surface area contributed by atoms with Gasteiger partial charge < -0.3 is 35.4 Å². The van der Waals surface area contributed by atoms with Crippen molar-refractivity contribution in [2.45, 2.75) is 49.3 Å². The molecule has 2 amide bonds. The van der Waals surface area contributed by atoms with Crippen LogP contribution >= 0.6 is 0 Å². The number of amides is 2. The van der Waals surface area contributed by atoms with E-state index in [1.807, 2.05) is 53.5 Å². The number of ether oxygens (including phenoxy) is 2. The first-order chi connectivity index (χ1) is 20.6. The van der Waals surface area contributed by atoms with E-state index in [0.717, 1.165) is 39.1 Å². The molecule has 3 aromatic rings. The average Bonchev–Trinajstić information content (AvgIpc) is 3.46. The van der Waals surface area contributed by atoms with Gasteiger partial charge in [0.15, 0.2) is 6.23 Å². The number of aliphatic hydroxyl groups excluding tert-OH is 2. The lowest BCUT2D eigenvalue weighted by atomic mass is 9.98. The maximum Gasteiger partial charge on any atom is 0.407 e. The second kappa shape index (κ2) is 12.6. The molecule has 1 aliphatic carbocycles. The monoisotopic (exact) mass is 594 g/mol. The van der Waals surface area contributed by atoms with E-state index in [9.17, 15) is 34.2 Å². The van der Waals surface area contributed by atoms with Crippen LogP contribution in [0.2, 0.25) is 0 Å². The van der Waals surface area contributed by atoms with Crippen molar-refractivity contribution in [2.75, 3.05) is 13.2 Å². The first kappa shape index (κ1) is 29.7. The van der Waals surface area contributed by atoms with Crippen molar-refractivity contribution in [1.29, 1.82) is 0 Å². The third kappa shape index (κ3) is 6.35. The number of hydrogen-bond acceptors (Lipinski definition) is 9. The molecule has 14 nitrogen and oxygen atoms in total. The van der Waals surface area contributed by atoms with Crippen LogP contribution < -0.4 is 21.9 Å². The summed E-state index contributed by atoms with van der Waals surface area (Å²) in [6.07, 6.45) is -6.09. The molecule has 5 rings (SSSR count). The van der Waals surface area contributed by atoms with Gasteiger partial charge in [-0.05, 0) is 28.7 Å². The number of rotatable bonds is 10. The van der Waals surface area contributed by atoms with E-state index < -0.39 is 66.2 Å². The second-order valence-corrected chi connectivity index (χ2v) is 10.3. The van der Waals surface area contributed by atoms with Gasteiger partial charge in [0.05, 0.1) is 0 Å². The molecule has 2 heterocycles. The fraction of sp³-hybridized carbons (Fsp3) is 0.345. The van der Waals surface area contributed by atoms with E-state index >= 15 is 0 Å². The number of H-pyrrole nitrogens is 1. The maximum absolute atomic E-state index is 13.0. The van der Waals surface area contributed by atoms with E-state index in [0.29, 0.717) is 0 Å². The number of carbonyl (C=O) groups is 3. The van der Waals surface area contributed by atoms with Crippen molar-refractivity contribution in [1.82, 2.24) is 20.2 Å². The molecule has 5 atom stereocenters. The summed E-state index contributed by atoms with van der Waals surface area (Å²) in [4.78, 5) is 62.4. The normalized spacial score (nSPS) is 21.4.